The number of pyridine rings is 1. The van der Waals surface area contributed by atoms with Crippen LogP contribution in [0.5, 0.6) is 0 Å². The van der Waals surface area contributed by atoms with Gasteiger partial charge < -0.3 is 15.5 Å². The average Bonchev–Trinajstić information content (AvgIpc) is 2.72. The fourth-order valence-electron chi connectivity index (χ4n) is 3.22. The van der Waals surface area contributed by atoms with Crippen molar-refractivity contribution in [1.29, 1.82) is 0 Å². The molecule has 3 amide bonds. The second-order valence-corrected chi connectivity index (χ2v) is 7.21. The number of nitrogens with zero attached hydrogens (tertiary/aromatic N) is 2. The molecule has 2 N–H and O–H groups in total. The van der Waals surface area contributed by atoms with Crippen molar-refractivity contribution in [2.75, 3.05) is 25.0 Å². The van der Waals surface area contributed by atoms with E-state index in [0.717, 1.165) is 17.7 Å². The van der Waals surface area contributed by atoms with Crippen molar-refractivity contribution in [1.82, 2.24) is 15.2 Å². The van der Waals surface area contributed by atoms with Gasteiger partial charge in [0, 0.05) is 36.8 Å². The fourth-order valence-corrected chi connectivity index (χ4v) is 3.22. The minimum absolute atomic E-state index is 0.139. The summed E-state index contributed by atoms with van der Waals surface area (Å²) >= 11 is 0. The van der Waals surface area contributed by atoms with Crippen LogP contribution >= 0.6 is 0 Å². The maximum atomic E-state index is 13.2. The zero-order valence-corrected chi connectivity index (χ0v) is 16.5. The molecule has 158 valence electrons. The van der Waals surface area contributed by atoms with Gasteiger partial charge in [0.15, 0.2) is 0 Å². The largest absolute Gasteiger partial charge is 0.343 e. The minimum Gasteiger partial charge on any atom is -0.343 e. The first-order chi connectivity index (χ1) is 14.3. The maximum absolute atomic E-state index is 13.2. The molecule has 9 heteroatoms. The van der Waals surface area contributed by atoms with E-state index in [0.29, 0.717) is 37.8 Å². The lowest BCUT2D eigenvalue weighted by Gasteiger charge is -2.31. The van der Waals surface area contributed by atoms with Crippen molar-refractivity contribution in [3.63, 3.8) is 0 Å². The minimum atomic E-state index is -0.868. The predicted molar refractivity (Wildman–Crippen MR) is 106 cm³/mol. The summed E-state index contributed by atoms with van der Waals surface area (Å²) in [5.74, 6) is -2.68. The van der Waals surface area contributed by atoms with E-state index in [2.05, 4.69) is 15.6 Å². The molecule has 0 spiro atoms. The monoisotopic (exact) mass is 416 g/mol. The number of carbonyl (C=O) groups is 3. The molecule has 1 saturated heterocycles. The number of aryl methyl sites for hydroxylation is 1. The summed E-state index contributed by atoms with van der Waals surface area (Å²) in [4.78, 5) is 42.4. The van der Waals surface area contributed by atoms with E-state index in [1.807, 2.05) is 13.0 Å². The van der Waals surface area contributed by atoms with Gasteiger partial charge in [-0.15, -0.1) is 0 Å². The van der Waals surface area contributed by atoms with Gasteiger partial charge in [0.05, 0.1) is 6.54 Å². The van der Waals surface area contributed by atoms with Crippen LogP contribution < -0.4 is 10.6 Å². The molecule has 0 radical (unpaired) electrons. The second kappa shape index (κ2) is 9.43. The summed E-state index contributed by atoms with van der Waals surface area (Å²) in [5.41, 5.74) is 0.801. The molecule has 1 aliphatic heterocycles. The molecule has 1 aromatic carbocycles. The number of anilines is 1. The molecule has 30 heavy (non-hydrogen) atoms. The van der Waals surface area contributed by atoms with Crippen molar-refractivity contribution in [2.24, 2.45) is 5.92 Å². The summed E-state index contributed by atoms with van der Waals surface area (Å²) < 4.78 is 26.4. The molecule has 1 fully saturated rings. The zero-order valence-electron chi connectivity index (χ0n) is 16.5. The first-order valence-corrected chi connectivity index (χ1v) is 9.57. The zero-order chi connectivity index (χ0) is 21.7. The summed E-state index contributed by atoms with van der Waals surface area (Å²) in [6.45, 7) is 2.37. The molecule has 0 aliphatic carbocycles. The summed E-state index contributed by atoms with van der Waals surface area (Å²) in [5, 5.41) is 5.15. The average molecular weight is 416 g/mol. The summed E-state index contributed by atoms with van der Waals surface area (Å²) in [7, 11) is 0. The Balaban J connectivity index is 1.45. The van der Waals surface area contributed by atoms with Gasteiger partial charge in [0.2, 0.25) is 11.8 Å². The Bertz CT molecular complexity index is 922. The molecule has 7 nitrogen and oxygen atoms in total. The van der Waals surface area contributed by atoms with Crippen LogP contribution in [-0.2, 0) is 9.59 Å². The molecule has 3 rings (SSSR count). The van der Waals surface area contributed by atoms with Crippen LogP contribution in [0.4, 0.5) is 14.6 Å². The number of nitrogens with one attached hydrogen (secondary N) is 2. The van der Waals surface area contributed by atoms with E-state index in [9.17, 15) is 23.2 Å². The first kappa shape index (κ1) is 21.4. The van der Waals surface area contributed by atoms with Crippen molar-refractivity contribution >= 4 is 23.5 Å². The molecule has 0 saturated carbocycles. The highest BCUT2D eigenvalue weighted by Gasteiger charge is 2.27. The Kier molecular flexibility index (Phi) is 6.71. The molecule has 2 aromatic rings. The molecule has 2 heterocycles. The van der Waals surface area contributed by atoms with Crippen molar-refractivity contribution < 1.29 is 23.2 Å². The van der Waals surface area contributed by atoms with Crippen LogP contribution in [-0.4, -0.2) is 47.2 Å². The third-order valence-electron chi connectivity index (χ3n) is 4.91. The van der Waals surface area contributed by atoms with E-state index in [4.69, 9.17) is 0 Å². The molecular formula is C21H22F2N4O3. The van der Waals surface area contributed by atoms with Gasteiger partial charge in [-0.25, -0.2) is 13.8 Å². The first-order valence-electron chi connectivity index (χ1n) is 9.57. The van der Waals surface area contributed by atoms with Crippen LogP contribution in [0.15, 0.2) is 36.5 Å². The molecule has 1 aliphatic rings. The van der Waals surface area contributed by atoms with Crippen LogP contribution in [0.1, 0.15) is 28.8 Å². The smallest absolute Gasteiger partial charge is 0.251 e. The number of amides is 3. The van der Waals surface area contributed by atoms with E-state index >= 15 is 0 Å². The maximum Gasteiger partial charge on any atom is 0.251 e. The Hall–Kier alpha value is -3.36. The van der Waals surface area contributed by atoms with Crippen LogP contribution in [0.25, 0.3) is 0 Å². The SMILES string of the molecule is Cc1ccc(NC(=O)C2CCN(C(=O)CNC(=O)c3cc(F)cc(F)c3)CC2)nc1. The number of rotatable bonds is 5. The van der Waals surface area contributed by atoms with E-state index in [1.165, 1.54) is 0 Å². The Morgan fingerprint density at radius 1 is 1.10 bits per heavy atom. The van der Waals surface area contributed by atoms with Gasteiger partial charge in [0.1, 0.15) is 17.5 Å². The highest BCUT2D eigenvalue weighted by Crippen LogP contribution is 2.19. The van der Waals surface area contributed by atoms with E-state index < -0.39 is 17.5 Å². The lowest BCUT2D eigenvalue weighted by Crippen LogP contribution is -2.45. The molecule has 0 bridgehead atoms. The highest BCUT2D eigenvalue weighted by atomic mass is 19.1. The van der Waals surface area contributed by atoms with E-state index in [1.54, 1.807) is 17.2 Å². The highest BCUT2D eigenvalue weighted by molar-refractivity contribution is 5.96. The number of carbonyl (C=O) groups excluding carboxylic acids is 3. The topological polar surface area (TPSA) is 91.4 Å². The number of hydrogen-bond donors (Lipinski definition) is 2. The number of likely N-dealkylation sites (tertiary alicyclic amines) is 1. The number of aromatic nitrogens is 1. The van der Waals surface area contributed by atoms with Gasteiger partial charge in [-0.1, -0.05) is 6.07 Å². The number of halogens is 2. The standard InChI is InChI=1S/C21H22F2N4O3/c1-13-2-3-18(24-11-13)26-21(30)14-4-6-27(7-5-14)19(28)12-25-20(29)15-8-16(22)10-17(23)9-15/h2-3,8-11,14H,4-7,12H2,1H3,(H,25,29)(H,24,26,30). The predicted octanol–water partition coefficient (Wildman–Crippen LogP) is 2.28. The molecular weight excluding hydrogens is 394 g/mol. The van der Waals surface area contributed by atoms with E-state index in [-0.39, 0.29) is 29.8 Å². The third kappa shape index (κ3) is 5.59. The number of piperidine rings is 1. The quantitative estimate of drug-likeness (QED) is 0.782. The van der Waals surface area contributed by atoms with Crippen molar-refractivity contribution in [3.8, 4) is 0 Å². The molecule has 0 unspecified atom stereocenters. The second-order valence-electron chi connectivity index (χ2n) is 7.21. The Labute approximate surface area is 172 Å². The molecule has 1 aromatic heterocycles. The Morgan fingerprint density at radius 3 is 2.37 bits per heavy atom. The van der Waals surface area contributed by atoms with Gasteiger partial charge in [0.25, 0.3) is 5.91 Å². The lowest BCUT2D eigenvalue weighted by atomic mass is 9.96. The van der Waals surface area contributed by atoms with Gasteiger partial charge in [-0.2, -0.15) is 0 Å². The summed E-state index contributed by atoms with van der Waals surface area (Å²) in [6.07, 6.45) is 2.66. The molecule has 0 atom stereocenters. The van der Waals surface area contributed by atoms with Crippen LogP contribution in [0, 0.1) is 24.5 Å². The number of hydrogen-bond acceptors (Lipinski definition) is 4. The van der Waals surface area contributed by atoms with Gasteiger partial charge >= 0.3 is 0 Å². The fraction of sp³-hybridized carbons (Fsp3) is 0.333. The van der Waals surface area contributed by atoms with Crippen LogP contribution in [0.2, 0.25) is 0 Å². The Morgan fingerprint density at radius 2 is 1.77 bits per heavy atom. The van der Waals surface area contributed by atoms with Gasteiger partial charge in [-0.3, -0.25) is 14.4 Å². The van der Waals surface area contributed by atoms with Gasteiger partial charge in [-0.05, 0) is 43.5 Å². The normalized spacial score (nSPS) is 14.3. The van der Waals surface area contributed by atoms with Crippen LogP contribution in [0.3, 0.4) is 0 Å². The van der Waals surface area contributed by atoms with Crippen molar-refractivity contribution in [2.45, 2.75) is 19.8 Å². The lowest BCUT2D eigenvalue weighted by molar-refractivity contribution is -0.133. The van der Waals surface area contributed by atoms with Crippen molar-refractivity contribution in [3.05, 3.63) is 59.3 Å². The summed E-state index contributed by atoms with van der Waals surface area (Å²) in [6, 6.07) is 6.05. The third-order valence-corrected chi connectivity index (χ3v) is 4.91. The number of benzene rings is 1.